The summed E-state index contributed by atoms with van der Waals surface area (Å²) in [4.78, 5) is 2.25. The largest absolute Gasteiger partial charge is 0.312 e. The van der Waals surface area contributed by atoms with Crippen LogP contribution >= 0.6 is 11.6 Å². The fourth-order valence-corrected chi connectivity index (χ4v) is 2.26. The van der Waals surface area contributed by atoms with Crippen LogP contribution in [0.4, 0.5) is 4.39 Å². The maximum Gasteiger partial charge on any atom is 0.146 e. The minimum atomic E-state index is -0.282. The number of rotatable bonds is 2. The van der Waals surface area contributed by atoms with Gasteiger partial charge >= 0.3 is 0 Å². The van der Waals surface area contributed by atoms with Gasteiger partial charge in [-0.3, -0.25) is 4.90 Å². The zero-order valence-electron chi connectivity index (χ0n) is 9.34. The number of nitrogens with zero attached hydrogens (tertiary/aromatic N) is 1. The van der Waals surface area contributed by atoms with E-state index in [-0.39, 0.29) is 10.8 Å². The van der Waals surface area contributed by atoms with Crippen molar-refractivity contribution < 1.29 is 4.39 Å². The van der Waals surface area contributed by atoms with Gasteiger partial charge in [-0.15, -0.1) is 0 Å². The van der Waals surface area contributed by atoms with E-state index in [0.29, 0.717) is 18.2 Å². The van der Waals surface area contributed by atoms with Crippen LogP contribution in [0.3, 0.4) is 0 Å². The smallest absolute Gasteiger partial charge is 0.146 e. The van der Waals surface area contributed by atoms with E-state index in [4.69, 9.17) is 11.6 Å². The highest BCUT2D eigenvalue weighted by molar-refractivity contribution is 6.30. The topological polar surface area (TPSA) is 15.3 Å². The minimum Gasteiger partial charge on any atom is -0.312 e. The van der Waals surface area contributed by atoms with Crippen molar-refractivity contribution in [1.29, 1.82) is 0 Å². The monoisotopic (exact) mass is 242 g/mol. The van der Waals surface area contributed by atoms with Gasteiger partial charge in [-0.2, -0.15) is 0 Å². The maximum atomic E-state index is 13.7. The standard InChI is InChI=1S/C12H16ClFN2/c1-9-7-16(6-5-15-9)8-10-3-2-4-11(13)12(10)14/h2-4,9,15H,5-8H2,1H3. The van der Waals surface area contributed by atoms with E-state index in [1.165, 1.54) is 0 Å². The predicted octanol–water partition coefficient (Wildman–Crippen LogP) is 2.27. The quantitative estimate of drug-likeness (QED) is 0.856. The van der Waals surface area contributed by atoms with Crippen LogP contribution in [0.2, 0.25) is 5.02 Å². The molecule has 0 bridgehead atoms. The average molecular weight is 243 g/mol. The van der Waals surface area contributed by atoms with Gasteiger partial charge in [0.05, 0.1) is 5.02 Å². The lowest BCUT2D eigenvalue weighted by Crippen LogP contribution is -2.48. The summed E-state index contributed by atoms with van der Waals surface area (Å²) in [6.45, 7) is 5.64. The predicted molar refractivity (Wildman–Crippen MR) is 64.2 cm³/mol. The number of benzene rings is 1. The third-order valence-electron chi connectivity index (χ3n) is 2.88. The molecule has 0 spiro atoms. The SMILES string of the molecule is CC1CN(Cc2cccc(Cl)c2F)CCN1. The molecule has 1 aliphatic heterocycles. The van der Waals surface area contributed by atoms with Crippen molar-refractivity contribution in [2.45, 2.75) is 19.5 Å². The van der Waals surface area contributed by atoms with Gasteiger partial charge in [-0.25, -0.2) is 4.39 Å². The molecule has 0 radical (unpaired) electrons. The second kappa shape index (κ2) is 5.13. The molecule has 1 N–H and O–H groups in total. The van der Waals surface area contributed by atoms with E-state index in [1.54, 1.807) is 18.2 Å². The van der Waals surface area contributed by atoms with E-state index >= 15 is 0 Å². The summed E-state index contributed by atoms with van der Waals surface area (Å²) in [5.74, 6) is -0.282. The van der Waals surface area contributed by atoms with Gasteiger partial charge < -0.3 is 5.32 Å². The Bertz CT molecular complexity index is 370. The summed E-state index contributed by atoms with van der Waals surface area (Å²) in [6.07, 6.45) is 0. The highest BCUT2D eigenvalue weighted by Gasteiger charge is 2.17. The molecule has 1 unspecified atom stereocenters. The number of hydrogen-bond acceptors (Lipinski definition) is 2. The van der Waals surface area contributed by atoms with Crippen molar-refractivity contribution in [3.8, 4) is 0 Å². The summed E-state index contributed by atoms with van der Waals surface area (Å²) in [6, 6.07) is 5.65. The van der Waals surface area contributed by atoms with Crippen LogP contribution in [0.15, 0.2) is 18.2 Å². The Labute approximate surface area is 100 Å². The first-order valence-corrected chi connectivity index (χ1v) is 5.93. The van der Waals surface area contributed by atoms with Crippen LogP contribution in [-0.4, -0.2) is 30.6 Å². The zero-order valence-corrected chi connectivity index (χ0v) is 10.1. The molecule has 2 nitrogen and oxygen atoms in total. The van der Waals surface area contributed by atoms with Crippen molar-refractivity contribution in [3.63, 3.8) is 0 Å². The summed E-state index contributed by atoms with van der Waals surface area (Å²) < 4.78 is 13.7. The molecule has 1 aromatic rings. The Balaban J connectivity index is 2.05. The number of hydrogen-bond donors (Lipinski definition) is 1. The average Bonchev–Trinajstić information content (AvgIpc) is 2.25. The van der Waals surface area contributed by atoms with Crippen LogP contribution < -0.4 is 5.32 Å². The van der Waals surface area contributed by atoms with Crippen LogP contribution in [-0.2, 0) is 6.54 Å². The molecule has 1 atom stereocenters. The Kier molecular flexibility index (Phi) is 3.79. The molecule has 1 aliphatic rings. The second-order valence-electron chi connectivity index (χ2n) is 4.30. The molecule has 0 amide bonds. The summed E-state index contributed by atoms with van der Waals surface area (Å²) in [5.41, 5.74) is 0.682. The summed E-state index contributed by atoms with van der Waals surface area (Å²) >= 11 is 5.75. The fourth-order valence-electron chi connectivity index (χ4n) is 2.07. The van der Waals surface area contributed by atoms with Crippen LogP contribution in [0.25, 0.3) is 0 Å². The first kappa shape index (κ1) is 11.8. The third-order valence-corrected chi connectivity index (χ3v) is 3.17. The van der Waals surface area contributed by atoms with Crippen molar-refractivity contribution in [3.05, 3.63) is 34.6 Å². The molecule has 1 fully saturated rings. The van der Waals surface area contributed by atoms with E-state index in [2.05, 4.69) is 17.1 Å². The first-order chi connectivity index (χ1) is 7.66. The van der Waals surface area contributed by atoms with Gasteiger partial charge in [-0.05, 0) is 13.0 Å². The molecule has 88 valence electrons. The highest BCUT2D eigenvalue weighted by atomic mass is 35.5. The number of nitrogens with one attached hydrogen (secondary N) is 1. The highest BCUT2D eigenvalue weighted by Crippen LogP contribution is 2.19. The fraction of sp³-hybridized carbons (Fsp3) is 0.500. The van der Waals surface area contributed by atoms with Crippen LogP contribution in [0.5, 0.6) is 0 Å². The lowest BCUT2D eigenvalue weighted by atomic mass is 10.1. The van der Waals surface area contributed by atoms with Crippen molar-refractivity contribution in [2.24, 2.45) is 0 Å². The van der Waals surface area contributed by atoms with E-state index in [1.807, 2.05) is 0 Å². The molecule has 0 aromatic heterocycles. The Morgan fingerprint density at radius 3 is 3.12 bits per heavy atom. The first-order valence-electron chi connectivity index (χ1n) is 5.55. The Morgan fingerprint density at radius 1 is 1.56 bits per heavy atom. The van der Waals surface area contributed by atoms with Gasteiger partial charge in [0.2, 0.25) is 0 Å². The van der Waals surface area contributed by atoms with Crippen molar-refractivity contribution in [1.82, 2.24) is 10.2 Å². The van der Waals surface area contributed by atoms with Crippen molar-refractivity contribution in [2.75, 3.05) is 19.6 Å². The van der Waals surface area contributed by atoms with Crippen LogP contribution in [0.1, 0.15) is 12.5 Å². The van der Waals surface area contributed by atoms with E-state index in [9.17, 15) is 4.39 Å². The zero-order chi connectivity index (χ0) is 11.5. The lowest BCUT2D eigenvalue weighted by Gasteiger charge is -2.31. The summed E-state index contributed by atoms with van der Waals surface area (Å²) in [7, 11) is 0. The minimum absolute atomic E-state index is 0.209. The Hall–Kier alpha value is -0.640. The molecular formula is C12H16ClFN2. The van der Waals surface area contributed by atoms with Crippen LogP contribution in [0, 0.1) is 5.82 Å². The van der Waals surface area contributed by atoms with Gasteiger partial charge in [-0.1, -0.05) is 23.7 Å². The molecule has 2 rings (SSSR count). The van der Waals surface area contributed by atoms with E-state index in [0.717, 1.165) is 19.6 Å². The van der Waals surface area contributed by atoms with E-state index < -0.39 is 0 Å². The molecule has 0 aliphatic carbocycles. The van der Waals surface area contributed by atoms with Gasteiger partial charge in [0, 0.05) is 37.8 Å². The Morgan fingerprint density at radius 2 is 2.38 bits per heavy atom. The molecule has 1 saturated heterocycles. The molecule has 1 heterocycles. The second-order valence-corrected chi connectivity index (χ2v) is 4.71. The lowest BCUT2D eigenvalue weighted by molar-refractivity contribution is 0.197. The third kappa shape index (κ3) is 2.73. The number of halogens is 2. The van der Waals surface area contributed by atoms with Gasteiger partial charge in [0.1, 0.15) is 5.82 Å². The van der Waals surface area contributed by atoms with Gasteiger partial charge in [0.25, 0.3) is 0 Å². The molecule has 4 heteroatoms. The molecule has 1 aromatic carbocycles. The molecule has 16 heavy (non-hydrogen) atoms. The summed E-state index contributed by atoms with van der Waals surface area (Å²) in [5, 5.41) is 3.57. The molecule has 0 saturated carbocycles. The van der Waals surface area contributed by atoms with Crippen molar-refractivity contribution >= 4 is 11.6 Å². The van der Waals surface area contributed by atoms with Gasteiger partial charge in [0.15, 0.2) is 0 Å². The molecular weight excluding hydrogens is 227 g/mol. The normalized spacial score (nSPS) is 22.3. The maximum absolute atomic E-state index is 13.7. The number of piperazine rings is 1.